The van der Waals surface area contributed by atoms with Crippen molar-refractivity contribution in [2.45, 2.75) is 44.9 Å². The lowest BCUT2D eigenvalue weighted by Gasteiger charge is -2.24. The summed E-state index contributed by atoms with van der Waals surface area (Å²) < 4.78 is 34.3. The summed E-state index contributed by atoms with van der Waals surface area (Å²) >= 11 is 0. The zero-order valence-corrected chi connectivity index (χ0v) is 19.2. The van der Waals surface area contributed by atoms with E-state index in [0.717, 1.165) is 30.4 Å². The third-order valence-electron chi connectivity index (χ3n) is 5.71. The summed E-state index contributed by atoms with van der Waals surface area (Å²) in [4.78, 5) is 18.7. The van der Waals surface area contributed by atoms with E-state index in [2.05, 4.69) is 14.9 Å². The SMILES string of the molecule is Cc1ccc(-c2noc(C(=O)N3CCCCC3)n2)cc1S(=O)(=O)Nc1c(C)cccc1C. The van der Waals surface area contributed by atoms with Crippen LogP contribution in [0, 0.1) is 20.8 Å². The molecule has 4 rings (SSSR count). The molecule has 8 nitrogen and oxygen atoms in total. The highest BCUT2D eigenvalue weighted by Crippen LogP contribution is 2.28. The van der Waals surface area contributed by atoms with E-state index in [9.17, 15) is 13.2 Å². The minimum Gasteiger partial charge on any atom is -0.334 e. The Hall–Kier alpha value is -3.20. The smallest absolute Gasteiger partial charge is 0.316 e. The van der Waals surface area contributed by atoms with E-state index in [4.69, 9.17) is 4.52 Å². The van der Waals surface area contributed by atoms with Crippen molar-refractivity contribution in [2.75, 3.05) is 17.8 Å². The summed E-state index contributed by atoms with van der Waals surface area (Å²) in [5, 5.41) is 3.92. The van der Waals surface area contributed by atoms with Crippen molar-refractivity contribution in [2.24, 2.45) is 0 Å². The molecular weight excluding hydrogens is 428 g/mol. The molecule has 1 N–H and O–H groups in total. The number of nitrogens with zero attached hydrogens (tertiary/aromatic N) is 3. The molecule has 168 valence electrons. The Kier molecular flexibility index (Phi) is 6.01. The molecule has 1 aliphatic rings. The van der Waals surface area contributed by atoms with Crippen LogP contribution in [0.4, 0.5) is 5.69 Å². The number of hydrogen-bond acceptors (Lipinski definition) is 6. The van der Waals surface area contributed by atoms with Gasteiger partial charge in [0.15, 0.2) is 0 Å². The molecule has 1 amide bonds. The zero-order chi connectivity index (χ0) is 22.9. The number of piperidine rings is 1. The molecular formula is C23H26N4O4S. The number of nitrogens with one attached hydrogen (secondary N) is 1. The number of amides is 1. The summed E-state index contributed by atoms with van der Waals surface area (Å²) in [6.45, 7) is 6.79. The van der Waals surface area contributed by atoms with Crippen LogP contribution in [0.1, 0.15) is 46.6 Å². The van der Waals surface area contributed by atoms with Gasteiger partial charge in [-0.15, -0.1) is 0 Å². The maximum atomic E-state index is 13.2. The molecule has 2 heterocycles. The van der Waals surface area contributed by atoms with E-state index >= 15 is 0 Å². The lowest BCUT2D eigenvalue weighted by molar-refractivity contribution is 0.0674. The van der Waals surface area contributed by atoms with Crippen molar-refractivity contribution in [3.63, 3.8) is 0 Å². The molecule has 0 spiro atoms. The molecule has 0 unspecified atom stereocenters. The summed E-state index contributed by atoms with van der Waals surface area (Å²) in [5.41, 5.74) is 3.27. The van der Waals surface area contributed by atoms with Gasteiger partial charge in [0.05, 0.1) is 10.6 Å². The maximum absolute atomic E-state index is 13.2. The van der Waals surface area contributed by atoms with Crippen molar-refractivity contribution < 1.29 is 17.7 Å². The lowest BCUT2D eigenvalue weighted by atomic mass is 10.1. The van der Waals surface area contributed by atoms with Crippen LogP contribution in [0.3, 0.4) is 0 Å². The molecule has 0 bridgehead atoms. The van der Waals surface area contributed by atoms with Crippen LogP contribution in [0.15, 0.2) is 45.8 Å². The van der Waals surface area contributed by atoms with Crippen molar-refractivity contribution in [1.29, 1.82) is 0 Å². The van der Waals surface area contributed by atoms with E-state index in [1.54, 1.807) is 24.0 Å². The predicted octanol–water partition coefficient (Wildman–Crippen LogP) is 4.09. The zero-order valence-electron chi connectivity index (χ0n) is 18.4. The summed E-state index contributed by atoms with van der Waals surface area (Å²) in [7, 11) is -3.86. The summed E-state index contributed by atoms with van der Waals surface area (Å²) in [6.07, 6.45) is 3.02. The highest BCUT2D eigenvalue weighted by Gasteiger charge is 2.25. The first-order chi connectivity index (χ1) is 15.3. The fourth-order valence-corrected chi connectivity index (χ4v) is 5.33. The van der Waals surface area contributed by atoms with Crippen LogP contribution in [0.2, 0.25) is 0 Å². The number of anilines is 1. The van der Waals surface area contributed by atoms with Gasteiger partial charge in [-0.3, -0.25) is 9.52 Å². The number of sulfonamides is 1. The largest absolute Gasteiger partial charge is 0.334 e. The van der Waals surface area contributed by atoms with E-state index in [-0.39, 0.29) is 22.5 Å². The molecule has 1 aromatic heterocycles. The van der Waals surface area contributed by atoms with Crippen LogP contribution in [0.25, 0.3) is 11.4 Å². The van der Waals surface area contributed by atoms with Crippen LogP contribution in [-0.4, -0.2) is 42.5 Å². The highest BCUT2D eigenvalue weighted by molar-refractivity contribution is 7.92. The second-order valence-corrected chi connectivity index (χ2v) is 9.78. The van der Waals surface area contributed by atoms with Gasteiger partial charge in [0.2, 0.25) is 5.82 Å². The Morgan fingerprint density at radius 2 is 1.69 bits per heavy atom. The molecule has 1 saturated heterocycles. The molecule has 32 heavy (non-hydrogen) atoms. The minimum absolute atomic E-state index is 0.0828. The van der Waals surface area contributed by atoms with E-state index < -0.39 is 10.0 Å². The van der Waals surface area contributed by atoms with Gasteiger partial charge in [-0.2, -0.15) is 4.98 Å². The number of carbonyl (C=O) groups is 1. The second kappa shape index (κ2) is 8.74. The van der Waals surface area contributed by atoms with Gasteiger partial charge in [0, 0.05) is 18.7 Å². The molecule has 9 heteroatoms. The van der Waals surface area contributed by atoms with Gasteiger partial charge >= 0.3 is 11.8 Å². The molecule has 1 aliphatic heterocycles. The first-order valence-electron chi connectivity index (χ1n) is 10.6. The van der Waals surface area contributed by atoms with Gasteiger partial charge < -0.3 is 9.42 Å². The van der Waals surface area contributed by atoms with Gasteiger partial charge in [0.1, 0.15) is 0 Å². The van der Waals surface area contributed by atoms with Crippen molar-refractivity contribution in [3.8, 4) is 11.4 Å². The fraction of sp³-hybridized carbons (Fsp3) is 0.348. The minimum atomic E-state index is -3.86. The normalized spacial score (nSPS) is 14.4. The maximum Gasteiger partial charge on any atom is 0.316 e. The number of rotatable bonds is 5. The van der Waals surface area contributed by atoms with E-state index in [1.165, 1.54) is 6.07 Å². The number of hydrogen-bond donors (Lipinski definition) is 1. The van der Waals surface area contributed by atoms with E-state index in [1.807, 2.05) is 32.0 Å². The van der Waals surface area contributed by atoms with Gasteiger partial charge in [0.25, 0.3) is 10.0 Å². The number of likely N-dealkylation sites (tertiary alicyclic amines) is 1. The second-order valence-electron chi connectivity index (χ2n) is 8.13. The summed E-state index contributed by atoms with van der Waals surface area (Å²) in [5.74, 6) is -0.200. The number of aryl methyl sites for hydroxylation is 3. The lowest BCUT2D eigenvalue weighted by Crippen LogP contribution is -2.35. The van der Waals surface area contributed by atoms with Gasteiger partial charge in [-0.05, 0) is 62.8 Å². The average molecular weight is 455 g/mol. The van der Waals surface area contributed by atoms with Crippen LogP contribution < -0.4 is 4.72 Å². The number of benzene rings is 2. The van der Waals surface area contributed by atoms with Crippen molar-refractivity contribution in [1.82, 2.24) is 15.0 Å². The quantitative estimate of drug-likeness (QED) is 0.623. The first-order valence-corrected chi connectivity index (χ1v) is 12.1. The monoisotopic (exact) mass is 454 g/mol. The van der Waals surface area contributed by atoms with Crippen LogP contribution >= 0.6 is 0 Å². The Morgan fingerprint density at radius 3 is 2.38 bits per heavy atom. The van der Waals surface area contributed by atoms with Crippen molar-refractivity contribution in [3.05, 3.63) is 59.0 Å². The molecule has 1 fully saturated rings. The molecule has 0 aliphatic carbocycles. The first kappa shape index (κ1) is 22.0. The topological polar surface area (TPSA) is 105 Å². The number of aromatic nitrogens is 2. The third kappa shape index (κ3) is 4.38. The molecule has 0 saturated carbocycles. The Bertz CT molecular complexity index is 1240. The van der Waals surface area contributed by atoms with Gasteiger partial charge in [-0.1, -0.05) is 35.5 Å². The third-order valence-corrected chi connectivity index (χ3v) is 7.20. The van der Waals surface area contributed by atoms with Gasteiger partial charge in [-0.25, -0.2) is 8.42 Å². The van der Waals surface area contributed by atoms with E-state index in [0.29, 0.717) is 29.9 Å². The highest BCUT2D eigenvalue weighted by atomic mass is 32.2. The molecule has 0 atom stereocenters. The van der Waals surface area contributed by atoms with Crippen LogP contribution in [-0.2, 0) is 10.0 Å². The predicted molar refractivity (Wildman–Crippen MR) is 121 cm³/mol. The fourth-order valence-electron chi connectivity index (χ4n) is 3.85. The van der Waals surface area contributed by atoms with Crippen molar-refractivity contribution >= 4 is 21.6 Å². The summed E-state index contributed by atoms with van der Waals surface area (Å²) in [6, 6.07) is 10.5. The number of para-hydroxylation sites is 1. The Balaban J connectivity index is 1.63. The number of carbonyl (C=O) groups excluding carboxylic acids is 1. The Morgan fingerprint density at radius 1 is 1.00 bits per heavy atom. The van der Waals surface area contributed by atoms with Crippen LogP contribution in [0.5, 0.6) is 0 Å². The molecule has 3 aromatic rings. The molecule has 2 aromatic carbocycles. The average Bonchev–Trinajstić information content (AvgIpc) is 3.27. The Labute approximate surface area is 187 Å². The molecule has 0 radical (unpaired) electrons. The standard InChI is InChI=1S/C23H26N4O4S/c1-15-10-11-18(21-24-22(31-25-21)23(28)27-12-5-4-6-13-27)14-19(15)32(29,30)26-20-16(2)8-7-9-17(20)3/h7-11,14,26H,4-6,12-13H2,1-3H3.